The van der Waals surface area contributed by atoms with Crippen molar-refractivity contribution < 1.29 is 9.47 Å². The van der Waals surface area contributed by atoms with E-state index in [1.54, 1.807) is 7.11 Å². The van der Waals surface area contributed by atoms with E-state index >= 15 is 0 Å². The van der Waals surface area contributed by atoms with Crippen LogP contribution in [0.4, 0.5) is 0 Å². The van der Waals surface area contributed by atoms with Crippen LogP contribution in [0.2, 0.25) is 0 Å². The third-order valence-electron chi connectivity index (χ3n) is 2.75. The molecule has 0 bridgehead atoms. The van der Waals surface area contributed by atoms with Crippen molar-refractivity contribution >= 4 is 0 Å². The molecule has 76 valence electrons. The van der Waals surface area contributed by atoms with Gasteiger partial charge in [0.15, 0.2) is 0 Å². The van der Waals surface area contributed by atoms with Crippen LogP contribution in [0.5, 0.6) is 11.5 Å². The SMILES string of the molecule is COc1ccc(OCC2(C)CC2)cc1. The van der Waals surface area contributed by atoms with Gasteiger partial charge in [-0.05, 0) is 37.1 Å². The van der Waals surface area contributed by atoms with Crippen LogP contribution in [0, 0.1) is 5.41 Å². The topological polar surface area (TPSA) is 18.5 Å². The molecule has 0 atom stereocenters. The Bertz CT molecular complexity index is 299. The maximum atomic E-state index is 5.68. The smallest absolute Gasteiger partial charge is 0.119 e. The van der Waals surface area contributed by atoms with E-state index in [2.05, 4.69) is 6.92 Å². The molecular formula is C12H16O2. The van der Waals surface area contributed by atoms with Crippen LogP contribution >= 0.6 is 0 Å². The molecule has 0 aromatic heterocycles. The van der Waals surface area contributed by atoms with E-state index in [9.17, 15) is 0 Å². The minimum absolute atomic E-state index is 0.444. The zero-order valence-electron chi connectivity index (χ0n) is 8.75. The predicted molar refractivity (Wildman–Crippen MR) is 55.8 cm³/mol. The number of hydrogen-bond acceptors (Lipinski definition) is 2. The van der Waals surface area contributed by atoms with E-state index in [0.29, 0.717) is 5.41 Å². The van der Waals surface area contributed by atoms with Crippen molar-refractivity contribution in [2.45, 2.75) is 19.8 Å². The van der Waals surface area contributed by atoms with Gasteiger partial charge in [-0.25, -0.2) is 0 Å². The molecule has 2 heteroatoms. The molecule has 0 aliphatic heterocycles. The molecular weight excluding hydrogens is 176 g/mol. The van der Waals surface area contributed by atoms with E-state index < -0.39 is 0 Å². The van der Waals surface area contributed by atoms with Crippen molar-refractivity contribution in [3.63, 3.8) is 0 Å². The second-order valence-electron chi connectivity index (χ2n) is 4.27. The molecule has 0 saturated heterocycles. The first-order valence-electron chi connectivity index (χ1n) is 4.99. The highest BCUT2D eigenvalue weighted by Gasteiger charge is 2.38. The quantitative estimate of drug-likeness (QED) is 0.730. The number of rotatable bonds is 4. The van der Waals surface area contributed by atoms with Crippen molar-refractivity contribution in [3.05, 3.63) is 24.3 Å². The van der Waals surface area contributed by atoms with Crippen molar-refractivity contribution in [1.29, 1.82) is 0 Å². The Kier molecular flexibility index (Phi) is 2.36. The first kappa shape index (κ1) is 9.38. The molecule has 2 nitrogen and oxygen atoms in total. The summed E-state index contributed by atoms with van der Waals surface area (Å²) in [6.07, 6.45) is 2.59. The number of hydrogen-bond donors (Lipinski definition) is 0. The monoisotopic (exact) mass is 192 g/mol. The molecule has 0 heterocycles. The van der Waals surface area contributed by atoms with Gasteiger partial charge in [0, 0.05) is 5.41 Å². The maximum absolute atomic E-state index is 5.68. The summed E-state index contributed by atoms with van der Waals surface area (Å²) in [6.45, 7) is 3.09. The number of benzene rings is 1. The summed E-state index contributed by atoms with van der Waals surface area (Å²) < 4.78 is 10.7. The first-order valence-corrected chi connectivity index (χ1v) is 4.99. The van der Waals surface area contributed by atoms with Crippen molar-refractivity contribution in [2.75, 3.05) is 13.7 Å². The number of ether oxygens (including phenoxy) is 2. The van der Waals surface area contributed by atoms with E-state index in [1.165, 1.54) is 12.8 Å². The third kappa shape index (κ3) is 2.19. The van der Waals surface area contributed by atoms with Gasteiger partial charge in [0.05, 0.1) is 13.7 Å². The summed E-state index contributed by atoms with van der Waals surface area (Å²) in [6, 6.07) is 7.74. The standard InChI is InChI=1S/C12H16O2/c1-12(7-8-12)9-14-11-5-3-10(13-2)4-6-11/h3-6H,7-9H2,1-2H3. The summed E-state index contributed by atoms with van der Waals surface area (Å²) in [4.78, 5) is 0. The normalized spacial score (nSPS) is 17.6. The molecule has 1 aliphatic carbocycles. The van der Waals surface area contributed by atoms with E-state index in [0.717, 1.165) is 18.1 Å². The van der Waals surface area contributed by atoms with Gasteiger partial charge in [0.25, 0.3) is 0 Å². The van der Waals surface area contributed by atoms with Crippen LogP contribution in [-0.2, 0) is 0 Å². The molecule has 1 saturated carbocycles. The molecule has 0 radical (unpaired) electrons. The van der Waals surface area contributed by atoms with Crippen LogP contribution < -0.4 is 9.47 Å². The molecule has 1 aliphatic rings. The van der Waals surface area contributed by atoms with Crippen LogP contribution in [0.1, 0.15) is 19.8 Å². The largest absolute Gasteiger partial charge is 0.497 e. The molecule has 0 N–H and O–H groups in total. The van der Waals surface area contributed by atoms with E-state index in [1.807, 2.05) is 24.3 Å². The van der Waals surface area contributed by atoms with Crippen molar-refractivity contribution in [2.24, 2.45) is 5.41 Å². The molecule has 0 unspecified atom stereocenters. The molecule has 0 amide bonds. The lowest BCUT2D eigenvalue weighted by molar-refractivity contribution is 0.247. The van der Waals surface area contributed by atoms with Gasteiger partial charge in [0.2, 0.25) is 0 Å². The summed E-state index contributed by atoms with van der Waals surface area (Å²) in [5.41, 5.74) is 0.444. The maximum Gasteiger partial charge on any atom is 0.119 e. The van der Waals surface area contributed by atoms with Crippen molar-refractivity contribution in [1.82, 2.24) is 0 Å². The Morgan fingerprint density at radius 1 is 1.14 bits per heavy atom. The Hall–Kier alpha value is -1.18. The van der Waals surface area contributed by atoms with Gasteiger partial charge in [-0.2, -0.15) is 0 Å². The lowest BCUT2D eigenvalue weighted by Gasteiger charge is -2.10. The van der Waals surface area contributed by atoms with Crippen LogP contribution in [0.15, 0.2) is 24.3 Å². The van der Waals surface area contributed by atoms with Gasteiger partial charge in [0.1, 0.15) is 11.5 Å². The van der Waals surface area contributed by atoms with Gasteiger partial charge in [-0.1, -0.05) is 6.92 Å². The Labute approximate surface area is 84.8 Å². The predicted octanol–water partition coefficient (Wildman–Crippen LogP) is 2.87. The molecule has 14 heavy (non-hydrogen) atoms. The van der Waals surface area contributed by atoms with Crippen LogP contribution in [0.25, 0.3) is 0 Å². The highest BCUT2D eigenvalue weighted by atomic mass is 16.5. The van der Waals surface area contributed by atoms with Crippen molar-refractivity contribution in [3.8, 4) is 11.5 Å². The fraction of sp³-hybridized carbons (Fsp3) is 0.500. The average molecular weight is 192 g/mol. The fourth-order valence-corrected chi connectivity index (χ4v) is 1.29. The molecule has 1 aromatic carbocycles. The average Bonchev–Trinajstić information content (AvgIpc) is 2.95. The highest BCUT2D eigenvalue weighted by Crippen LogP contribution is 2.45. The van der Waals surface area contributed by atoms with Gasteiger partial charge >= 0.3 is 0 Å². The highest BCUT2D eigenvalue weighted by molar-refractivity contribution is 5.31. The zero-order chi connectivity index (χ0) is 10.0. The lowest BCUT2D eigenvalue weighted by Crippen LogP contribution is -2.08. The van der Waals surface area contributed by atoms with E-state index in [4.69, 9.17) is 9.47 Å². The molecule has 2 rings (SSSR count). The second-order valence-corrected chi connectivity index (χ2v) is 4.27. The summed E-state index contributed by atoms with van der Waals surface area (Å²) in [5.74, 6) is 1.80. The van der Waals surface area contributed by atoms with Gasteiger partial charge < -0.3 is 9.47 Å². The fourth-order valence-electron chi connectivity index (χ4n) is 1.29. The minimum atomic E-state index is 0.444. The van der Waals surface area contributed by atoms with E-state index in [-0.39, 0.29) is 0 Å². The lowest BCUT2D eigenvalue weighted by atomic mass is 10.2. The summed E-state index contributed by atoms with van der Waals surface area (Å²) in [7, 11) is 1.67. The molecule has 1 aromatic rings. The Morgan fingerprint density at radius 3 is 2.21 bits per heavy atom. The van der Waals surface area contributed by atoms with Gasteiger partial charge in [-0.15, -0.1) is 0 Å². The zero-order valence-corrected chi connectivity index (χ0v) is 8.75. The van der Waals surface area contributed by atoms with Gasteiger partial charge in [-0.3, -0.25) is 0 Å². The summed E-state index contributed by atoms with van der Waals surface area (Å²) >= 11 is 0. The Morgan fingerprint density at radius 2 is 1.71 bits per heavy atom. The Balaban J connectivity index is 1.89. The molecule has 1 fully saturated rings. The minimum Gasteiger partial charge on any atom is -0.497 e. The summed E-state index contributed by atoms with van der Waals surface area (Å²) in [5, 5.41) is 0. The van der Waals surface area contributed by atoms with Crippen LogP contribution in [-0.4, -0.2) is 13.7 Å². The number of methoxy groups -OCH3 is 1. The second kappa shape index (κ2) is 3.52. The third-order valence-corrected chi connectivity index (χ3v) is 2.75. The van der Waals surface area contributed by atoms with Crippen LogP contribution in [0.3, 0.4) is 0 Å². The molecule has 0 spiro atoms. The first-order chi connectivity index (χ1) is 6.72.